The molecule has 1 aromatic carbocycles. The van der Waals surface area contributed by atoms with Crippen LogP contribution in [0.1, 0.15) is 20.8 Å². The topological polar surface area (TPSA) is 78.9 Å². The zero-order valence-corrected chi connectivity index (χ0v) is 15.7. The molecule has 1 aliphatic rings. The third-order valence-electron chi connectivity index (χ3n) is 3.22. The predicted molar refractivity (Wildman–Crippen MR) is 100 cm³/mol. The second-order valence-corrected chi connectivity index (χ2v) is 7.39. The number of carbonyl (C=O) groups excluding carboxylic acids is 2. The average molecular weight is 383 g/mol. The number of Topliss-reactive ketones (excluding diaryl/α,β-unsaturated/α-hetero) is 1. The molecule has 1 aromatic rings. The first-order valence-electron chi connectivity index (χ1n) is 7.57. The smallest absolute Gasteiger partial charge is 0.411 e. The molecule has 0 fully saturated rings. The molecule has 0 atom stereocenters. The van der Waals surface area contributed by atoms with Gasteiger partial charge < -0.3 is 15.2 Å². The van der Waals surface area contributed by atoms with E-state index >= 15 is 0 Å². The predicted octanol–water partition coefficient (Wildman–Crippen LogP) is 3.71. The van der Waals surface area contributed by atoms with Crippen LogP contribution in [0.5, 0.6) is 0 Å². The van der Waals surface area contributed by atoms with Gasteiger partial charge in [0.05, 0.1) is 18.7 Å². The molecule has 0 saturated carbocycles. The summed E-state index contributed by atoms with van der Waals surface area (Å²) < 4.78 is 5.22. The van der Waals surface area contributed by atoms with Gasteiger partial charge in [-0.2, -0.15) is 0 Å². The Morgan fingerprint density at radius 1 is 1.28 bits per heavy atom. The number of rotatable bonds is 2. The van der Waals surface area contributed by atoms with Crippen molar-refractivity contribution in [2.24, 2.45) is 0 Å². The van der Waals surface area contributed by atoms with E-state index < -0.39 is 17.5 Å². The van der Waals surface area contributed by atoms with Crippen LogP contribution in [0.4, 0.5) is 10.5 Å². The van der Waals surface area contributed by atoms with Crippen molar-refractivity contribution in [1.29, 1.82) is 0 Å². The first-order valence-corrected chi connectivity index (χ1v) is 8.35. The number of anilines is 1. The fourth-order valence-electron chi connectivity index (χ4n) is 2.17. The van der Waals surface area contributed by atoms with Crippen molar-refractivity contribution >= 4 is 46.4 Å². The second kappa shape index (κ2) is 7.41. The van der Waals surface area contributed by atoms with Crippen molar-refractivity contribution < 1.29 is 19.4 Å². The molecule has 0 radical (unpaired) electrons. The molecule has 1 heterocycles. The van der Waals surface area contributed by atoms with Gasteiger partial charge in [0, 0.05) is 10.7 Å². The van der Waals surface area contributed by atoms with E-state index in [1.54, 1.807) is 45.0 Å². The third kappa shape index (κ3) is 5.17. The van der Waals surface area contributed by atoms with Gasteiger partial charge in [0.1, 0.15) is 16.3 Å². The number of hydrogen-bond acceptors (Lipinski definition) is 5. The molecule has 6 nitrogen and oxygen atoms in total. The van der Waals surface area contributed by atoms with Gasteiger partial charge in [0.25, 0.3) is 0 Å². The van der Waals surface area contributed by atoms with E-state index in [1.165, 1.54) is 0 Å². The summed E-state index contributed by atoms with van der Waals surface area (Å²) in [6.45, 7) is 4.82. The molecule has 2 N–H and O–H groups in total. The fraction of sp³-hybridized carbons (Fsp3) is 0.353. The molecule has 25 heavy (non-hydrogen) atoms. The van der Waals surface area contributed by atoms with Gasteiger partial charge in [-0.05, 0) is 45.0 Å². The van der Waals surface area contributed by atoms with E-state index in [4.69, 9.17) is 28.6 Å². The van der Waals surface area contributed by atoms with Crippen molar-refractivity contribution in [3.8, 4) is 0 Å². The van der Waals surface area contributed by atoms with Crippen LogP contribution in [-0.4, -0.2) is 45.6 Å². The van der Waals surface area contributed by atoms with Gasteiger partial charge >= 0.3 is 6.09 Å². The number of amides is 1. The van der Waals surface area contributed by atoms with Gasteiger partial charge in [0.15, 0.2) is 5.78 Å². The Kier molecular flexibility index (Phi) is 5.69. The number of halogens is 1. The highest BCUT2D eigenvalue weighted by Gasteiger charge is 2.33. The van der Waals surface area contributed by atoms with Crippen LogP contribution in [0.2, 0.25) is 5.02 Å². The lowest BCUT2D eigenvalue weighted by atomic mass is 10.0. The van der Waals surface area contributed by atoms with Gasteiger partial charge in [-0.3, -0.25) is 9.69 Å². The highest BCUT2D eigenvalue weighted by Crippen LogP contribution is 2.20. The fourth-order valence-corrected chi connectivity index (χ4v) is 2.64. The summed E-state index contributed by atoms with van der Waals surface area (Å²) in [5.41, 5.74) is -0.0487. The number of thiocarbonyl (C=S) groups is 1. The number of ether oxygens (including phenoxy) is 1. The summed E-state index contributed by atoms with van der Waals surface area (Å²) in [6, 6.07) is 6.75. The molecular formula is C17H19ClN2O4S. The Morgan fingerprint density at radius 2 is 1.88 bits per heavy atom. The summed E-state index contributed by atoms with van der Waals surface area (Å²) in [5.74, 6) is -0.727. The van der Waals surface area contributed by atoms with Crippen LogP contribution in [-0.2, 0) is 9.53 Å². The Labute approximate surface area is 156 Å². The van der Waals surface area contributed by atoms with Crippen LogP contribution >= 0.6 is 23.8 Å². The molecular weight excluding hydrogens is 364 g/mol. The Hall–Kier alpha value is -2.12. The highest BCUT2D eigenvalue weighted by molar-refractivity contribution is 7.81. The van der Waals surface area contributed by atoms with Gasteiger partial charge in [-0.1, -0.05) is 23.8 Å². The van der Waals surface area contributed by atoms with Crippen LogP contribution in [0.25, 0.3) is 0 Å². The minimum absolute atomic E-state index is 0.00441. The van der Waals surface area contributed by atoms with Crippen molar-refractivity contribution in [2.75, 3.05) is 18.4 Å². The van der Waals surface area contributed by atoms with Gasteiger partial charge in [-0.25, -0.2) is 4.79 Å². The number of aliphatic hydroxyl groups excluding tert-OH is 1. The van der Waals surface area contributed by atoms with Crippen LogP contribution < -0.4 is 5.32 Å². The SMILES string of the molecule is CC(C)(C)OC(=O)N1CC(=O)C(C(=S)Nc2ccc(Cl)cc2)=C(O)C1. The second-order valence-electron chi connectivity index (χ2n) is 6.54. The molecule has 2 rings (SSSR count). The molecule has 0 aromatic heterocycles. The van der Waals surface area contributed by atoms with Crippen LogP contribution in [0.15, 0.2) is 35.6 Å². The zero-order chi connectivity index (χ0) is 18.8. The number of aliphatic hydroxyl groups is 1. The van der Waals surface area contributed by atoms with Gasteiger partial charge in [0.2, 0.25) is 0 Å². The Balaban J connectivity index is 2.12. The standard InChI is InChI=1S/C17H19ClN2O4S/c1-17(2,3)24-16(23)20-8-12(21)14(13(22)9-20)15(25)19-11-6-4-10(18)5-7-11/h4-7,21H,8-9H2,1-3H3,(H,19,25). The number of nitrogens with one attached hydrogen (secondary N) is 1. The maximum atomic E-state index is 12.4. The Morgan fingerprint density at radius 3 is 2.40 bits per heavy atom. The number of carbonyl (C=O) groups is 2. The number of hydrogen-bond donors (Lipinski definition) is 2. The average Bonchev–Trinajstić information content (AvgIpc) is 2.47. The van der Waals surface area contributed by atoms with E-state index in [9.17, 15) is 14.7 Å². The molecule has 0 spiro atoms. The normalized spacial score (nSPS) is 15.2. The summed E-state index contributed by atoms with van der Waals surface area (Å²) in [6.07, 6.45) is -0.664. The summed E-state index contributed by atoms with van der Waals surface area (Å²) in [4.78, 5) is 25.6. The minimum Gasteiger partial charge on any atom is -0.510 e. The van der Waals surface area contributed by atoms with Crippen molar-refractivity contribution in [1.82, 2.24) is 4.90 Å². The summed E-state index contributed by atoms with van der Waals surface area (Å²) in [5, 5.41) is 13.7. The van der Waals surface area contributed by atoms with E-state index in [-0.39, 0.29) is 29.4 Å². The zero-order valence-electron chi connectivity index (χ0n) is 14.1. The quantitative estimate of drug-likeness (QED) is 0.759. The largest absolute Gasteiger partial charge is 0.510 e. The van der Waals surface area contributed by atoms with E-state index in [0.717, 1.165) is 4.90 Å². The molecule has 0 aliphatic carbocycles. The van der Waals surface area contributed by atoms with Crippen molar-refractivity contribution in [2.45, 2.75) is 26.4 Å². The van der Waals surface area contributed by atoms with Gasteiger partial charge in [-0.15, -0.1) is 0 Å². The summed E-state index contributed by atoms with van der Waals surface area (Å²) in [7, 11) is 0. The maximum absolute atomic E-state index is 12.4. The van der Waals surface area contributed by atoms with Crippen LogP contribution in [0.3, 0.4) is 0 Å². The number of ketones is 1. The molecule has 8 heteroatoms. The number of benzene rings is 1. The van der Waals surface area contributed by atoms with E-state index in [1.807, 2.05) is 0 Å². The monoisotopic (exact) mass is 382 g/mol. The third-order valence-corrected chi connectivity index (χ3v) is 3.78. The Bertz CT molecular complexity index is 738. The molecule has 0 bridgehead atoms. The first-order chi connectivity index (χ1) is 11.6. The molecule has 0 unspecified atom stereocenters. The maximum Gasteiger partial charge on any atom is 0.411 e. The summed E-state index contributed by atoms with van der Waals surface area (Å²) >= 11 is 11.0. The first kappa shape index (κ1) is 19.2. The van der Waals surface area contributed by atoms with E-state index in [0.29, 0.717) is 10.7 Å². The van der Waals surface area contributed by atoms with Crippen LogP contribution in [0, 0.1) is 0 Å². The minimum atomic E-state index is -0.689. The lowest BCUT2D eigenvalue weighted by molar-refractivity contribution is -0.117. The highest BCUT2D eigenvalue weighted by atomic mass is 35.5. The molecule has 134 valence electrons. The lowest BCUT2D eigenvalue weighted by Gasteiger charge is -2.30. The number of nitrogens with zero attached hydrogens (tertiary/aromatic N) is 1. The van der Waals surface area contributed by atoms with Crippen molar-refractivity contribution in [3.63, 3.8) is 0 Å². The van der Waals surface area contributed by atoms with E-state index in [2.05, 4.69) is 5.32 Å². The molecule has 1 amide bonds. The molecule has 1 aliphatic heterocycles. The lowest BCUT2D eigenvalue weighted by Crippen LogP contribution is -2.45. The molecule has 0 saturated heterocycles. The van der Waals surface area contributed by atoms with Crippen molar-refractivity contribution in [3.05, 3.63) is 40.6 Å².